The van der Waals surface area contributed by atoms with E-state index in [-0.39, 0.29) is 0 Å². The molecular weight excluding hydrogens is 288 g/mol. The Bertz CT molecular complexity index is 578. The van der Waals surface area contributed by atoms with E-state index in [0.717, 1.165) is 25.2 Å². The molecule has 0 aromatic carbocycles. The summed E-state index contributed by atoms with van der Waals surface area (Å²) in [5.74, 6) is 0.750. The van der Waals surface area contributed by atoms with Crippen molar-refractivity contribution in [1.29, 1.82) is 0 Å². The van der Waals surface area contributed by atoms with Crippen LogP contribution in [0.15, 0.2) is 58.2 Å². The predicted octanol–water partition coefficient (Wildman–Crippen LogP) is 7.95. The quantitative estimate of drug-likeness (QED) is 0.460. The Morgan fingerprint density at radius 1 is 1.21 bits per heavy atom. The first kappa shape index (κ1) is 20.7. The summed E-state index contributed by atoms with van der Waals surface area (Å²) in [7, 11) is 0. The van der Waals surface area contributed by atoms with Gasteiger partial charge in [-0.25, -0.2) is 0 Å². The smallest absolute Gasteiger partial charge is 0.0243 e. The van der Waals surface area contributed by atoms with Gasteiger partial charge in [0.2, 0.25) is 0 Å². The van der Waals surface area contributed by atoms with E-state index >= 15 is 0 Å². The summed E-state index contributed by atoms with van der Waals surface area (Å²) in [4.78, 5) is 0. The van der Waals surface area contributed by atoms with E-state index in [1.165, 1.54) is 39.9 Å². The highest BCUT2D eigenvalue weighted by Gasteiger charge is 2.29. The van der Waals surface area contributed by atoms with E-state index in [4.69, 9.17) is 0 Å². The van der Waals surface area contributed by atoms with Gasteiger partial charge in [-0.15, -0.1) is 0 Å². The molecular formula is C24H38. The fraction of sp³-hybridized carbons (Fsp3) is 0.583. The molecule has 134 valence electrons. The second kappa shape index (κ2) is 8.70. The van der Waals surface area contributed by atoms with Crippen LogP contribution in [0.2, 0.25) is 0 Å². The van der Waals surface area contributed by atoms with E-state index in [0.29, 0.717) is 5.41 Å². The number of allylic oxidation sites excluding steroid dienone is 9. The standard InChI is InChI=1S/C24H38/c1-10-20(11-2)19(6)14-21(17(3)4)15-22-16-23(24(7,8)9)13-12-18(22)5/h10,14-15,23H,5,11-13,16H2,1-4,6-9H3/b19-14+,20-10+,22-15-. The summed E-state index contributed by atoms with van der Waals surface area (Å²) in [6.07, 6.45) is 11.7. The molecule has 1 atom stereocenters. The zero-order valence-corrected chi connectivity index (χ0v) is 17.3. The van der Waals surface area contributed by atoms with Crippen LogP contribution in [-0.4, -0.2) is 0 Å². The molecule has 1 aliphatic rings. The molecule has 0 aliphatic heterocycles. The van der Waals surface area contributed by atoms with Crippen LogP contribution < -0.4 is 0 Å². The molecule has 0 aromatic heterocycles. The van der Waals surface area contributed by atoms with Gasteiger partial charge in [0.05, 0.1) is 0 Å². The average molecular weight is 327 g/mol. The normalized spacial score (nSPS) is 22.1. The van der Waals surface area contributed by atoms with Gasteiger partial charge in [0.25, 0.3) is 0 Å². The molecule has 0 radical (unpaired) electrons. The number of hydrogen-bond acceptors (Lipinski definition) is 0. The van der Waals surface area contributed by atoms with E-state index in [2.05, 4.69) is 80.2 Å². The van der Waals surface area contributed by atoms with Crippen molar-refractivity contribution < 1.29 is 0 Å². The molecule has 1 aliphatic carbocycles. The van der Waals surface area contributed by atoms with Crippen molar-refractivity contribution in [3.05, 3.63) is 58.2 Å². The molecule has 0 spiro atoms. The fourth-order valence-corrected chi connectivity index (χ4v) is 3.48. The van der Waals surface area contributed by atoms with Crippen molar-refractivity contribution >= 4 is 0 Å². The van der Waals surface area contributed by atoms with Crippen molar-refractivity contribution in [2.24, 2.45) is 11.3 Å². The van der Waals surface area contributed by atoms with E-state index < -0.39 is 0 Å². The topological polar surface area (TPSA) is 0 Å². The van der Waals surface area contributed by atoms with Crippen LogP contribution in [0, 0.1) is 11.3 Å². The summed E-state index contributed by atoms with van der Waals surface area (Å²) in [6.45, 7) is 22.5. The van der Waals surface area contributed by atoms with Crippen LogP contribution in [0.1, 0.15) is 81.1 Å². The van der Waals surface area contributed by atoms with Crippen LogP contribution in [0.4, 0.5) is 0 Å². The molecule has 0 bridgehead atoms. The monoisotopic (exact) mass is 326 g/mol. The first-order valence-electron chi connectivity index (χ1n) is 9.50. The van der Waals surface area contributed by atoms with Crippen LogP contribution in [-0.2, 0) is 0 Å². The molecule has 0 heteroatoms. The van der Waals surface area contributed by atoms with E-state index in [1.807, 2.05) is 0 Å². The first-order valence-corrected chi connectivity index (χ1v) is 9.50. The van der Waals surface area contributed by atoms with Crippen molar-refractivity contribution in [1.82, 2.24) is 0 Å². The third-order valence-electron chi connectivity index (χ3n) is 5.45. The van der Waals surface area contributed by atoms with Gasteiger partial charge in [-0.05, 0) is 87.0 Å². The summed E-state index contributed by atoms with van der Waals surface area (Å²) in [5.41, 5.74) is 8.70. The van der Waals surface area contributed by atoms with E-state index in [1.54, 1.807) is 0 Å². The van der Waals surface area contributed by atoms with Crippen molar-refractivity contribution in [3.8, 4) is 0 Å². The molecule has 0 nitrogen and oxygen atoms in total. The molecule has 1 saturated carbocycles. The van der Waals surface area contributed by atoms with Gasteiger partial charge >= 0.3 is 0 Å². The Labute approximate surface area is 151 Å². The van der Waals surface area contributed by atoms with Crippen molar-refractivity contribution in [2.75, 3.05) is 0 Å². The second-order valence-corrected chi connectivity index (χ2v) is 8.53. The minimum atomic E-state index is 0.372. The van der Waals surface area contributed by atoms with Crippen molar-refractivity contribution in [3.63, 3.8) is 0 Å². The maximum absolute atomic E-state index is 4.35. The van der Waals surface area contributed by atoms with Gasteiger partial charge in [-0.1, -0.05) is 63.6 Å². The maximum atomic E-state index is 4.35. The average Bonchev–Trinajstić information content (AvgIpc) is 2.48. The van der Waals surface area contributed by atoms with Gasteiger partial charge < -0.3 is 0 Å². The van der Waals surface area contributed by atoms with Crippen LogP contribution in [0.25, 0.3) is 0 Å². The third-order valence-corrected chi connectivity index (χ3v) is 5.45. The fourth-order valence-electron chi connectivity index (χ4n) is 3.48. The number of hydrogen-bond donors (Lipinski definition) is 0. The Balaban J connectivity index is 3.19. The lowest BCUT2D eigenvalue weighted by Crippen LogP contribution is -2.24. The van der Waals surface area contributed by atoms with E-state index in [9.17, 15) is 0 Å². The van der Waals surface area contributed by atoms with Gasteiger partial charge in [0.15, 0.2) is 0 Å². The predicted molar refractivity (Wildman–Crippen MR) is 110 cm³/mol. The SMILES string of the molecule is C=C1CCC(C(C)(C)C)C/C1=C/C(/C=C(C)/C(=C/C)CC)=C(C)C. The van der Waals surface area contributed by atoms with Gasteiger partial charge in [-0.2, -0.15) is 0 Å². The van der Waals surface area contributed by atoms with Crippen LogP contribution in [0.5, 0.6) is 0 Å². The molecule has 1 unspecified atom stereocenters. The lowest BCUT2D eigenvalue weighted by atomic mass is 9.69. The minimum absolute atomic E-state index is 0.372. The lowest BCUT2D eigenvalue weighted by Gasteiger charge is -2.36. The highest BCUT2D eigenvalue weighted by molar-refractivity contribution is 5.47. The Kier molecular flexibility index (Phi) is 7.52. The first-order chi connectivity index (χ1) is 11.1. The minimum Gasteiger partial charge on any atom is -0.0956 e. The zero-order chi connectivity index (χ0) is 18.5. The number of rotatable bonds is 4. The van der Waals surface area contributed by atoms with Gasteiger partial charge in [0, 0.05) is 0 Å². The Morgan fingerprint density at radius 2 is 1.83 bits per heavy atom. The Hall–Kier alpha value is -1.30. The largest absolute Gasteiger partial charge is 0.0956 e. The summed E-state index contributed by atoms with van der Waals surface area (Å²) in [6, 6.07) is 0. The molecule has 24 heavy (non-hydrogen) atoms. The zero-order valence-electron chi connectivity index (χ0n) is 17.3. The second-order valence-electron chi connectivity index (χ2n) is 8.53. The van der Waals surface area contributed by atoms with Crippen molar-refractivity contribution in [2.45, 2.75) is 81.1 Å². The summed E-state index contributed by atoms with van der Waals surface area (Å²) < 4.78 is 0. The third kappa shape index (κ3) is 5.65. The molecule has 1 fully saturated rings. The molecule has 1 rings (SSSR count). The maximum Gasteiger partial charge on any atom is -0.0243 e. The molecule has 0 saturated heterocycles. The Morgan fingerprint density at radius 3 is 2.29 bits per heavy atom. The molecule has 0 heterocycles. The van der Waals surface area contributed by atoms with Crippen LogP contribution in [0.3, 0.4) is 0 Å². The summed E-state index contributed by atoms with van der Waals surface area (Å²) in [5, 5.41) is 0. The van der Waals surface area contributed by atoms with Gasteiger partial charge in [-0.3, -0.25) is 0 Å². The van der Waals surface area contributed by atoms with Gasteiger partial charge in [0.1, 0.15) is 0 Å². The lowest BCUT2D eigenvalue weighted by molar-refractivity contribution is 0.215. The molecule has 0 N–H and O–H groups in total. The highest BCUT2D eigenvalue weighted by Crippen LogP contribution is 2.42. The summed E-state index contributed by atoms with van der Waals surface area (Å²) >= 11 is 0. The molecule has 0 aromatic rings. The highest BCUT2D eigenvalue weighted by atomic mass is 14.3. The van der Waals surface area contributed by atoms with Crippen LogP contribution >= 0.6 is 0 Å². The molecule has 0 amide bonds.